The van der Waals surface area contributed by atoms with Crippen LogP contribution in [0.2, 0.25) is 0 Å². The van der Waals surface area contributed by atoms with Crippen LogP contribution < -0.4 is 10.1 Å². The van der Waals surface area contributed by atoms with E-state index in [9.17, 15) is 0 Å². The van der Waals surface area contributed by atoms with E-state index in [-0.39, 0.29) is 0 Å². The second-order valence-corrected chi connectivity index (χ2v) is 3.35. The first-order chi connectivity index (χ1) is 7.81. The molecule has 0 saturated heterocycles. The van der Waals surface area contributed by atoms with Gasteiger partial charge in [0.15, 0.2) is 0 Å². The number of ether oxygens (including phenoxy) is 1. The van der Waals surface area contributed by atoms with Gasteiger partial charge in [0.05, 0.1) is 7.11 Å². The minimum absolute atomic E-state index is 0.563. The standard InChI is InChI=1S/C12H13N3O/c1-9-5-3-7-13-11(9)15-10-6-4-8-14-12(10)16-2/h3-8H,1-2H3,(H,13,15). The zero-order valence-corrected chi connectivity index (χ0v) is 9.27. The van der Waals surface area contributed by atoms with Crippen LogP contribution in [-0.4, -0.2) is 17.1 Å². The highest BCUT2D eigenvalue weighted by molar-refractivity contribution is 5.63. The zero-order valence-electron chi connectivity index (χ0n) is 9.27. The van der Waals surface area contributed by atoms with Crippen molar-refractivity contribution < 1.29 is 4.74 Å². The van der Waals surface area contributed by atoms with Crippen molar-refractivity contribution in [2.24, 2.45) is 0 Å². The molecule has 0 bridgehead atoms. The van der Waals surface area contributed by atoms with Gasteiger partial charge in [-0.05, 0) is 30.7 Å². The Bertz CT molecular complexity index is 485. The first-order valence-electron chi connectivity index (χ1n) is 4.99. The summed E-state index contributed by atoms with van der Waals surface area (Å²) in [7, 11) is 1.60. The Kier molecular flexibility index (Phi) is 3.00. The van der Waals surface area contributed by atoms with E-state index in [4.69, 9.17) is 4.74 Å². The second kappa shape index (κ2) is 4.61. The van der Waals surface area contributed by atoms with Crippen LogP contribution >= 0.6 is 0 Å². The molecular weight excluding hydrogens is 202 g/mol. The first kappa shape index (κ1) is 10.4. The number of rotatable bonds is 3. The van der Waals surface area contributed by atoms with Crippen molar-refractivity contribution in [3.63, 3.8) is 0 Å². The molecule has 16 heavy (non-hydrogen) atoms. The molecule has 4 nitrogen and oxygen atoms in total. The number of nitrogens with zero attached hydrogens (tertiary/aromatic N) is 2. The van der Waals surface area contributed by atoms with E-state index in [1.807, 2.05) is 31.2 Å². The summed E-state index contributed by atoms with van der Waals surface area (Å²) in [5.41, 5.74) is 1.89. The third kappa shape index (κ3) is 2.11. The van der Waals surface area contributed by atoms with E-state index in [1.54, 1.807) is 19.5 Å². The predicted octanol–water partition coefficient (Wildman–Crippen LogP) is 2.54. The zero-order chi connectivity index (χ0) is 11.4. The SMILES string of the molecule is COc1ncccc1Nc1ncccc1C. The van der Waals surface area contributed by atoms with E-state index in [2.05, 4.69) is 15.3 Å². The molecule has 0 unspecified atom stereocenters. The average Bonchev–Trinajstić information content (AvgIpc) is 2.33. The molecule has 82 valence electrons. The van der Waals surface area contributed by atoms with Gasteiger partial charge in [-0.1, -0.05) is 6.07 Å². The summed E-state index contributed by atoms with van der Waals surface area (Å²) < 4.78 is 5.16. The predicted molar refractivity (Wildman–Crippen MR) is 63.0 cm³/mol. The third-order valence-corrected chi connectivity index (χ3v) is 2.23. The van der Waals surface area contributed by atoms with Crippen LogP contribution in [0, 0.1) is 6.92 Å². The lowest BCUT2D eigenvalue weighted by atomic mass is 10.3. The van der Waals surface area contributed by atoms with E-state index >= 15 is 0 Å². The van der Waals surface area contributed by atoms with Gasteiger partial charge in [-0.3, -0.25) is 0 Å². The summed E-state index contributed by atoms with van der Waals surface area (Å²) in [6, 6.07) is 7.66. The van der Waals surface area contributed by atoms with Crippen LogP contribution in [0.15, 0.2) is 36.7 Å². The molecule has 0 spiro atoms. The van der Waals surface area contributed by atoms with E-state index in [0.717, 1.165) is 17.1 Å². The maximum atomic E-state index is 5.16. The van der Waals surface area contributed by atoms with Crippen LogP contribution in [0.3, 0.4) is 0 Å². The molecule has 2 aromatic rings. The Balaban J connectivity index is 2.30. The van der Waals surface area contributed by atoms with Gasteiger partial charge < -0.3 is 10.1 Å². The quantitative estimate of drug-likeness (QED) is 0.854. The number of aryl methyl sites for hydroxylation is 1. The molecule has 1 N–H and O–H groups in total. The Labute approximate surface area is 94.3 Å². The van der Waals surface area contributed by atoms with Crippen LogP contribution in [-0.2, 0) is 0 Å². The molecule has 0 aliphatic carbocycles. The highest BCUT2D eigenvalue weighted by atomic mass is 16.5. The number of hydrogen-bond acceptors (Lipinski definition) is 4. The fraction of sp³-hybridized carbons (Fsp3) is 0.167. The van der Waals surface area contributed by atoms with Crippen molar-refractivity contribution in [3.8, 4) is 5.88 Å². The number of nitrogens with one attached hydrogen (secondary N) is 1. The van der Waals surface area contributed by atoms with Crippen LogP contribution in [0.25, 0.3) is 0 Å². The Hall–Kier alpha value is -2.10. The molecule has 0 aromatic carbocycles. The molecule has 0 saturated carbocycles. The smallest absolute Gasteiger partial charge is 0.237 e. The maximum Gasteiger partial charge on any atom is 0.237 e. The first-order valence-corrected chi connectivity index (χ1v) is 4.99. The molecule has 4 heteroatoms. The van der Waals surface area contributed by atoms with Crippen molar-refractivity contribution in [2.75, 3.05) is 12.4 Å². The summed E-state index contributed by atoms with van der Waals surface area (Å²) in [4.78, 5) is 8.37. The Morgan fingerprint density at radius 1 is 1.12 bits per heavy atom. The van der Waals surface area contributed by atoms with Crippen molar-refractivity contribution in [3.05, 3.63) is 42.2 Å². The van der Waals surface area contributed by atoms with Gasteiger partial charge in [0.1, 0.15) is 11.5 Å². The molecule has 0 radical (unpaired) electrons. The number of aromatic nitrogens is 2. The van der Waals surface area contributed by atoms with Crippen LogP contribution in [0.4, 0.5) is 11.5 Å². The highest BCUT2D eigenvalue weighted by Crippen LogP contribution is 2.24. The fourth-order valence-electron chi connectivity index (χ4n) is 1.39. The monoisotopic (exact) mass is 215 g/mol. The van der Waals surface area contributed by atoms with Gasteiger partial charge in [-0.25, -0.2) is 9.97 Å². The molecule has 2 heterocycles. The summed E-state index contributed by atoms with van der Waals surface area (Å²) in [5.74, 6) is 1.38. The highest BCUT2D eigenvalue weighted by Gasteiger charge is 2.05. The van der Waals surface area contributed by atoms with E-state index in [0.29, 0.717) is 5.88 Å². The Morgan fingerprint density at radius 3 is 2.62 bits per heavy atom. The average molecular weight is 215 g/mol. The van der Waals surface area contributed by atoms with Crippen molar-refractivity contribution in [1.29, 1.82) is 0 Å². The molecular formula is C12H13N3O. The third-order valence-electron chi connectivity index (χ3n) is 2.23. The number of hydrogen-bond donors (Lipinski definition) is 1. The van der Waals surface area contributed by atoms with Gasteiger partial charge in [0.2, 0.25) is 5.88 Å². The number of methoxy groups -OCH3 is 1. The van der Waals surface area contributed by atoms with Crippen LogP contribution in [0.5, 0.6) is 5.88 Å². The lowest BCUT2D eigenvalue weighted by Crippen LogP contribution is -1.99. The molecule has 0 aliphatic rings. The minimum Gasteiger partial charge on any atom is -0.480 e. The maximum absolute atomic E-state index is 5.16. The van der Waals surface area contributed by atoms with Gasteiger partial charge >= 0.3 is 0 Å². The van der Waals surface area contributed by atoms with Crippen molar-refractivity contribution in [2.45, 2.75) is 6.92 Å². The number of pyridine rings is 2. The van der Waals surface area contributed by atoms with E-state index < -0.39 is 0 Å². The summed E-state index contributed by atoms with van der Waals surface area (Å²) in [6.07, 6.45) is 3.44. The molecule has 0 atom stereocenters. The molecule has 0 amide bonds. The second-order valence-electron chi connectivity index (χ2n) is 3.35. The minimum atomic E-state index is 0.563. The summed E-state index contributed by atoms with van der Waals surface area (Å²) in [6.45, 7) is 2.00. The topological polar surface area (TPSA) is 47.0 Å². The van der Waals surface area contributed by atoms with E-state index in [1.165, 1.54) is 0 Å². The molecule has 0 fully saturated rings. The normalized spacial score (nSPS) is 9.88. The van der Waals surface area contributed by atoms with Crippen LogP contribution in [0.1, 0.15) is 5.56 Å². The Morgan fingerprint density at radius 2 is 1.88 bits per heavy atom. The van der Waals surface area contributed by atoms with Gasteiger partial charge in [0.25, 0.3) is 0 Å². The molecule has 2 aromatic heterocycles. The van der Waals surface area contributed by atoms with Crippen molar-refractivity contribution in [1.82, 2.24) is 9.97 Å². The summed E-state index contributed by atoms with van der Waals surface area (Å²) in [5, 5.41) is 3.19. The summed E-state index contributed by atoms with van der Waals surface area (Å²) >= 11 is 0. The van der Waals surface area contributed by atoms with Gasteiger partial charge in [0, 0.05) is 12.4 Å². The molecule has 0 aliphatic heterocycles. The van der Waals surface area contributed by atoms with Gasteiger partial charge in [-0.15, -0.1) is 0 Å². The number of anilines is 2. The lowest BCUT2D eigenvalue weighted by Gasteiger charge is -2.10. The lowest BCUT2D eigenvalue weighted by molar-refractivity contribution is 0.400. The fourth-order valence-corrected chi connectivity index (χ4v) is 1.39. The molecule has 2 rings (SSSR count). The van der Waals surface area contributed by atoms with Gasteiger partial charge in [-0.2, -0.15) is 0 Å². The van der Waals surface area contributed by atoms with Crippen molar-refractivity contribution >= 4 is 11.5 Å². The largest absolute Gasteiger partial charge is 0.480 e.